The normalized spacial score (nSPS) is 10.5. The lowest BCUT2D eigenvalue weighted by atomic mass is 10.3. The van der Waals surface area contributed by atoms with E-state index >= 15 is 0 Å². The minimum Gasteiger partial charge on any atom is -0.476 e. The van der Waals surface area contributed by atoms with Gasteiger partial charge >= 0.3 is 5.97 Å². The van der Waals surface area contributed by atoms with Crippen LogP contribution in [0.15, 0.2) is 18.6 Å². The number of hydrogen-bond acceptors (Lipinski definition) is 3. The molecular formula is C8H7N3O2. The summed E-state index contributed by atoms with van der Waals surface area (Å²) in [5, 5.41) is 8.77. The van der Waals surface area contributed by atoms with E-state index < -0.39 is 5.97 Å². The molecule has 1 N–H and O–H groups in total. The third-order valence-corrected chi connectivity index (χ3v) is 1.87. The average molecular weight is 177 g/mol. The van der Waals surface area contributed by atoms with Crippen molar-refractivity contribution in [3.05, 3.63) is 30.0 Å². The molecule has 0 saturated carbocycles. The Balaban J connectivity index is 2.81. The summed E-state index contributed by atoms with van der Waals surface area (Å²) in [5.41, 5.74) is 1.27. The zero-order valence-electron chi connectivity index (χ0n) is 6.93. The largest absolute Gasteiger partial charge is 0.476 e. The third-order valence-electron chi connectivity index (χ3n) is 1.87. The number of aryl methyl sites for hydroxylation is 1. The highest BCUT2D eigenvalue weighted by molar-refractivity contribution is 5.87. The Morgan fingerprint density at radius 3 is 3.00 bits per heavy atom. The maximum atomic E-state index is 10.7. The molecule has 66 valence electrons. The highest BCUT2D eigenvalue weighted by Gasteiger charge is 2.13. The molecule has 0 aromatic carbocycles. The van der Waals surface area contributed by atoms with E-state index in [1.54, 1.807) is 29.9 Å². The second-order valence-electron chi connectivity index (χ2n) is 2.66. The van der Waals surface area contributed by atoms with Crippen LogP contribution in [0, 0.1) is 6.92 Å². The van der Waals surface area contributed by atoms with Gasteiger partial charge in [-0.3, -0.25) is 4.40 Å². The Hall–Kier alpha value is -1.91. The van der Waals surface area contributed by atoms with Gasteiger partial charge in [0.25, 0.3) is 0 Å². The molecule has 2 rings (SSSR count). The summed E-state index contributed by atoms with van der Waals surface area (Å²) in [4.78, 5) is 18.5. The van der Waals surface area contributed by atoms with Crippen molar-refractivity contribution in [1.82, 2.24) is 14.4 Å². The Kier molecular flexibility index (Phi) is 1.51. The number of carboxylic acid groups (broad SMARTS) is 1. The summed E-state index contributed by atoms with van der Waals surface area (Å²) < 4.78 is 1.64. The van der Waals surface area contributed by atoms with Crippen molar-refractivity contribution >= 4 is 11.6 Å². The number of hydrogen-bond donors (Lipinski definition) is 1. The second kappa shape index (κ2) is 2.55. The molecule has 0 bridgehead atoms. The SMILES string of the molecule is Cc1c(C(=O)O)nc2ccncn12. The van der Waals surface area contributed by atoms with Crippen LogP contribution < -0.4 is 0 Å². The van der Waals surface area contributed by atoms with Crippen molar-refractivity contribution in [2.24, 2.45) is 0 Å². The average Bonchev–Trinajstić information content (AvgIpc) is 2.45. The first-order valence-corrected chi connectivity index (χ1v) is 3.72. The first kappa shape index (κ1) is 7.72. The maximum Gasteiger partial charge on any atom is 0.356 e. The lowest BCUT2D eigenvalue weighted by Crippen LogP contribution is -1.99. The fourth-order valence-corrected chi connectivity index (χ4v) is 1.22. The number of fused-ring (bicyclic) bond motifs is 1. The van der Waals surface area contributed by atoms with Crippen LogP contribution in [-0.2, 0) is 0 Å². The van der Waals surface area contributed by atoms with Crippen LogP contribution in [0.5, 0.6) is 0 Å². The van der Waals surface area contributed by atoms with Gasteiger partial charge in [-0.25, -0.2) is 14.8 Å². The zero-order chi connectivity index (χ0) is 9.42. The van der Waals surface area contributed by atoms with Crippen molar-refractivity contribution in [2.75, 3.05) is 0 Å². The molecule has 2 aromatic rings. The molecule has 0 aliphatic rings. The second-order valence-corrected chi connectivity index (χ2v) is 2.66. The lowest BCUT2D eigenvalue weighted by Gasteiger charge is -1.92. The summed E-state index contributed by atoms with van der Waals surface area (Å²) >= 11 is 0. The number of aromatic nitrogens is 3. The van der Waals surface area contributed by atoms with Crippen LogP contribution in [0.25, 0.3) is 5.65 Å². The minimum atomic E-state index is -1.01. The topological polar surface area (TPSA) is 67.5 Å². The van der Waals surface area contributed by atoms with E-state index in [0.717, 1.165) is 0 Å². The molecule has 0 aliphatic heterocycles. The van der Waals surface area contributed by atoms with Crippen LogP contribution in [0.3, 0.4) is 0 Å². The maximum absolute atomic E-state index is 10.7. The molecule has 0 unspecified atom stereocenters. The quantitative estimate of drug-likeness (QED) is 0.697. The van der Waals surface area contributed by atoms with Crippen LogP contribution in [0.4, 0.5) is 0 Å². The molecule has 0 fully saturated rings. The minimum absolute atomic E-state index is 0.0769. The van der Waals surface area contributed by atoms with Crippen LogP contribution in [-0.4, -0.2) is 25.4 Å². The van der Waals surface area contributed by atoms with Crippen molar-refractivity contribution in [1.29, 1.82) is 0 Å². The molecule has 0 radical (unpaired) electrons. The Morgan fingerprint density at radius 1 is 1.62 bits per heavy atom. The fraction of sp³-hybridized carbons (Fsp3) is 0.125. The Labute approximate surface area is 73.7 Å². The molecule has 2 aromatic heterocycles. The number of carboxylic acids is 1. The Morgan fingerprint density at radius 2 is 2.38 bits per heavy atom. The van der Waals surface area contributed by atoms with Gasteiger partial charge in [0.2, 0.25) is 0 Å². The molecule has 13 heavy (non-hydrogen) atoms. The van der Waals surface area contributed by atoms with E-state index in [4.69, 9.17) is 5.11 Å². The highest BCUT2D eigenvalue weighted by Crippen LogP contribution is 2.09. The van der Waals surface area contributed by atoms with Gasteiger partial charge in [0, 0.05) is 6.20 Å². The lowest BCUT2D eigenvalue weighted by molar-refractivity contribution is 0.0690. The summed E-state index contributed by atoms with van der Waals surface area (Å²) in [7, 11) is 0. The first-order chi connectivity index (χ1) is 6.20. The number of carbonyl (C=O) groups is 1. The van der Waals surface area contributed by atoms with Crippen LogP contribution >= 0.6 is 0 Å². The van der Waals surface area contributed by atoms with Gasteiger partial charge in [0.15, 0.2) is 5.69 Å². The van der Waals surface area contributed by atoms with Crippen LogP contribution in [0.2, 0.25) is 0 Å². The van der Waals surface area contributed by atoms with E-state index in [1.807, 2.05) is 0 Å². The van der Waals surface area contributed by atoms with Gasteiger partial charge in [-0.1, -0.05) is 0 Å². The zero-order valence-corrected chi connectivity index (χ0v) is 6.93. The van der Waals surface area contributed by atoms with E-state index in [-0.39, 0.29) is 5.69 Å². The molecule has 5 nitrogen and oxygen atoms in total. The van der Waals surface area contributed by atoms with Crippen molar-refractivity contribution in [3.8, 4) is 0 Å². The summed E-state index contributed by atoms with van der Waals surface area (Å²) in [6.45, 7) is 1.70. The van der Waals surface area contributed by atoms with Crippen LogP contribution in [0.1, 0.15) is 16.2 Å². The fourth-order valence-electron chi connectivity index (χ4n) is 1.22. The Bertz CT molecular complexity index is 475. The van der Waals surface area contributed by atoms with Crippen molar-refractivity contribution < 1.29 is 9.90 Å². The molecule has 0 atom stereocenters. The number of nitrogens with zero attached hydrogens (tertiary/aromatic N) is 3. The van der Waals surface area contributed by atoms with E-state index in [2.05, 4.69) is 9.97 Å². The highest BCUT2D eigenvalue weighted by atomic mass is 16.4. The standard InChI is InChI=1S/C8H7N3O2/c1-5-7(8(12)13)10-6-2-3-9-4-11(5)6/h2-4H,1H3,(H,12,13). The summed E-state index contributed by atoms with van der Waals surface area (Å²) in [6.07, 6.45) is 3.12. The molecule has 0 amide bonds. The van der Waals surface area contributed by atoms with Crippen molar-refractivity contribution in [2.45, 2.75) is 6.92 Å². The summed E-state index contributed by atoms with van der Waals surface area (Å²) in [6, 6.07) is 1.67. The van der Waals surface area contributed by atoms with Gasteiger partial charge in [-0.2, -0.15) is 0 Å². The van der Waals surface area contributed by atoms with E-state index in [1.165, 1.54) is 0 Å². The van der Waals surface area contributed by atoms with Gasteiger partial charge in [0.1, 0.15) is 12.0 Å². The van der Waals surface area contributed by atoms with E-state index in [9.17, 15) is 4.79 Å². The molecule has 5 heteroatoms. The van der Waals surface area contributed by atoms with Crippen molar-refractivity contribution in [3.63, 3.8) is 0 Å². The van der Waals surface area contributed by atoms with Gasteiger partial charge in [-0.05, 0) is 13.0 Å². The monoisotopic (exact) mass is 177 g/mol. The van der Waals surface area contributed by atoms with Gasteiger partial charge < -0.3 is 5.11 Å². The molecule has 0 aliphatic carbocycles. The first-order valence-electron chi connectivity index (χ1n) is 3.72. The predicted molar refractivity (Wildman–Crippen MR) is 44.7 cm³/mol. The predicted octanol–water partition coefficient (Wildman–Crippen LogP) is 0.736. The molecule has 0 saturated heterocycles. The van der Waals surface area contributed by atoms with Gasteiger partial charge in [0.05, 0.1) is 5.69 Å². The number of rotatable bonds is 1. The molecular weight excluding hydrogens is 170 g/mol. The molecule has 2 heterocycles. The smallest absolute Gasteiger partial charge is 0.356 e. The molecule has 0 spiro atoms. The van der Waals surface area contributed by atoms with E-state index in [0.29, 0.717) is 11.3 Å². The number of imidazole rings is 1. The summed E-state index contributed by atoms with van der Waals surface area (Å²) in [5.74, 6) is -1.01. The van der Waals surface area contributed by atoms with Gasteiger partial charge in [-0.15, -0.1) is 0 Å². The number of aromatic carboxylic acids is 1. The third kappa shape index (κ3) is 1.05.